The third-order valence-electron chi connectivity index (χ3n) is 3.07. The van der Waals surface area contributed by atoms with E-state index in [1.165, 1.54) is 18.2 Å². The quantitative estimate of drug-likeness (QED) is 0.669. The van der Waals surface area contributed by atoms with Crippen molar-refractivity contribution < 1.29 is 14.4 Å². The van der Waals surface area contributed by atoms with Crippen LogP contribution in [0.5, 0.6) is 5.88 Å². The van der Waals surface area contributed by atoms with Gasteiger partial charge in [0.1, 0.15) is 18.5 Å². The predicted molar refractivity (Wildman–Crippen MR) is 76.2 cm³/mol. The molecule has 3 rings (SSSR count). The van der Waals surface area contributed by atoms with E-state index in [0.717, 1.165) is 11.8 Å². The zero-order chi connectivity index (χ0) is 14.7. The Bertz CT molecular complexity index is 768. The summed E-state index contributed by atoms with van der Waals surface area (Å²) in [5.41, 5.74) is 2.49. The van der Waals surface area contributed by atoms with Crippen LogP contribution in [0.15, 0.2) is 42.9 Å². The smallest absolute Gasteiger partial charge is 0.244 e. The Kier molecular flexibility index (Phi) is 3.51. The normalized spacial score (nSPS) is 10.5. The summed E-state index contributed by atoms with van der Waals surface area (Å²) >= 11 is 0. The minimum Gasteiger partial charge on any atom is -0.479 e. The molecule has 0 aliphatic rings. The van der Waals surface area contributed by atoms with Crippen molar-refractivity contribution in [3.63, 3.8) is 0 Å². The second kappa shape index (κ2) is 5.62. The number of aromatic nitrogens is 3. The number of methoxy groups -OCH3 is 1. The van der Waals surface area contributed by atoms with Gasteiger partial charge in [0.25, 0.3) is 0 Å². The minimum absolute atomic E-state index is 0.362. The number of nitrogens with zero attached hydrogens (tertiary/aromatic N) is 3. The standard InChI is InChI=1S/C15H13N3O3/c1-20-15-14-13(16-10-17-15)12(8-19)7-18(14)21-9-11-5-3-2-4-6-11/h2-8,10H,9H2,1H3. The van der Waals surface area contributed by atoms with Crippen molar-refractivity contribution in [2.45, 2.75) is 6.61 Å². The molecule has 0 atom stereocenters. The summed E-state index contributed by atoms with van der Waals surface area (Å²) in [6, 6.07) is 9.73. The topological polar surface area (TPSA) is 66.2 Å². The molecule has 2 aromatic heterocycles. The Hall–Kier alpha value is -2.89. The highest BCUT2D eigenvalue weighted by Crippen LogP contribution is 2.24. The van der Waals surface area contributed by atoms with Gasteiger partial charge in [0.05, 0.1) is 18.9 Å². The first-order chi connectivity index (χ1) is 10.3. The molecule has 0 saturated heterocycles. The van der Waals surface area contributed by atoms with Gasteiger partial charge in [0.2, 0.25) is 5.88 Å². The van der Waals surface area contributed by atoms with E-state index in [1.807, 2.05) is 30.3 Å². The Labute approximate surface area is 120 Å². The van der Waals surface area contributed by atoms with Crippen LogP contribution < -0.4 is 9.57 Å². The fourth-order valence-electron chi connectivity index (χ4n) is 2.08. The molecule has 0 N–H and O–H groups in total. The van der Waals surface area contributed by atoms with E-state index in [1.54, 1.807) is 6.20 Å². The zero-order valence-electron chi connectivity index (χ0n) is 11.4. The molecular formula is C15H13N3O3. The van der Waals surface area contributed by atoms with E-state index < -0.39 is 0 Å². The summed E-state index contributed by atoms with van der Waals surface area (Å²) in [7, 11) is 1.51. The number of ether oxygens (including phenoxy) is 1. The lowest BCUT2D eigenvalue weighted by Gasteiger charge is -2.09. The molecule has 0 aliphatic carbocycles. The van der Waals surface area contributed by atoms with Gasteiger partial charge in [-0.05, 0) is 5.56 Å². The highest BCUT2D eigenvalue weighted by molar-refractivity contribution is 5.96. The third kappa shape index (κ3) is 2.43. The average Bonchev–Trinajstić information content (AvgIpc) is 2.92. The molecule has 2 heterocycles. The molecule has 0 aliphatic heterocycles. The number of carbonyl (C=O) groups is 1. The van der Waals surface area contributed by atoms with Crippen LogP contribution in [0.4, 0.5) is 0 Å². The lowest BCUT2D eigenvalue weighted by Crippen LogP contribution is -2.10. The lowest BCUT2D eigenvalue weighted by atomic mass is 10.2. The van der Waals surface area contributed by atoms with E-state index in [0.29, 0.717) is 29.1 Å². The van der Waals surface area contributed by atoms with Gasteiger partial charge in [0.15, 0.2) is 11.8 Å². The van der Waals surface area contributed by atoms with E-state index >= 15 is 0 Å². The summed E-state index contributed by atoms with van der Waals surface area (Å²) in [5, 5.41) is 0. The van der Waals surface area contributed by atoms with Gasteiger partial charge >= 0.3 is 0 Å². The van der Waals surface area contributed by atoms with Crippen molar-refractivity contribution >= 4 is 17.3 Å². The predicted octanol–water partition coefficient (Wildman–Crippen LogP) is 1.88. The fraction of sp³-hybridized carbons (Fsp3) is 0.133. The Morgan fingerprint density at radius 2 is 2.05 bits per heavy atom. The number of hydrogen-bond donors (Lipinski definition) is 0. The van der Waals surface area contributed by atoms with E-state index in [9.17, 15) is 4.79 Å². The molecule has 21 heavy (non-hydrogen) atoms. The van der Waals surface area contributed by atoms with Gasteiger partial charge in [0, 0.05) is 0 Å². The summed E-state index contributed by atoms with van der Waals surface area (Å²) in [6.07, 6.45) is 3.67. The maximum absolute atomic E-state index is 11.1. The molecule has 106 valence electrons. The first-order valence-electron chi connectivity index (χ1n) is 6.36. The number of rotatable bonds is 5. The average molecular weight is 283 g/mol. The second-order valence-electron chi connectivity index (χ2n) is 4.37. The first kappa shape index (κ1) is 13.1. The van der Waals surface area contributed by atoms with Gasteiger partial charge in [-0.2, -0.15) is 9.71 Å². The molecule has 6 nitrogen and oxygen atoms in total. The van der Waals surface area contributed by atoms with Gasteiger partial charge < -0.3 is 9.57 Å². The van der Waals surface area contributed by atoms with E-state index in [-0.39, 0.29) is 0 Å². The molecular weight excluding hydrogens is 270 g/mol. The van der Waals surface area contributed by atoms with Crippen molar-refractivity contribution in [3.05, 3.63) is 54.0 Å². The molecule has 0 unspecified atom stereocenters. The molecule has 0 saturated carbocycles. The van der Waals surface area contributed by atoms with Crippen molar-refractivity contribution in [3.8, 4) is 5.88 Å². The van der Waals surface area contributed by atoms with Crippen molar-refractivity contribution in [1.29, 1.82) is 0 Å². The van der Waals surface area contributed by atoms with Crippen LogP contribution in [0.3, 0.4) is 0 Å². The van der Waals surface area contributed by atoms with Gasteiger partial charge in [-0.3, -0.25) is 4.79 Å². The molecule has 3 aromatic rings. The lowest BCUT2D eigenvalue weighted by molar-refractivity contribution is 0.104. The molecule has 0 radical (unpaired) electrons. The molecule has 0 spiro atoms. The van der Waals surface area contributed by atoms with Gasteiger partial charge in [-0.1, -0.05) is 30.3 Å². The monoisotopic (exact) mass is 283 g/mol. The highest BCUT2D eigenvalue weighted by atomic mass is 16.7. The number of hydrogen-bond acceptors (Lipinski definition) is 5. The Balaban J connectivity index is 1.99. The zero-order valence-corrected chi connectivity index (χ0v) is 11.4. The maximum Gasteiger partial charge on any atom is 0.244 e. The summed E-state index contributed by atoms with van der Waals surface area (Å²) in [5.74, 6) is 0.362. The molecule has 0 amide bonds. The third-order valence-corrected chi connectivity index (χ3v) is 3.07. The first-order valence-corrected chi connectivity index (χ1v) is 6.36. The maximum atomic E-state index is 11.1. The molecule has 1 aromatic carbocycles. The molecule has 0 fully saturated rings. The van der Waals surface area contributed by atoms with E-state index in [2.05, 4.69) is 9.97 Å². The van der Waals surface area contributed by atoms with Crippen LogP contribution in [0.25, 0.3) is 11.0 Å². The number of benzene rings is 1. The highest BCUT2D eigenvalue weighted by Gasteiger charge is 2.16. The van der Waals surface area contributed by atoms with Crippen molar-refractivity contribution in [2.75, 3.05) is 7.11 Å². The summed E-state index contributed by atoms with van der Waals surface area (Å²) in [4.78, 5) is 25.0. The van der Waals surface area contributed by atoms with Crippen LogP contribution in [0.2, 0.25) is 0 Å². The summed E-state index contributed by atoms with van der Waals surface area (Å²) in [6.45, 7) is 0.362. The largest absolute Gasteiger partial charge is 0.479 e. The molecule has 0 bridgehead atoms. The van der Waals surface area contributed by atoms with Crippen molar-refractivity contribution in [2.24, 2.45) is 0 Å². The van der Waals surface area contributed by atoms with Crippen molar-refractivity contribution in [1.82, 2.24) is 14.7 Å². The van der Waals surface area contributed by atoms with Crippen LogP contribution in [-0.2, 0) is 6.61 Å². The second-order valence-corrected chi connectivity index (χ2v) is 4.37. The van der Waals surface area contributed by atoms with E-state index in [4.69, 9.17) is 9.57 Å². The number of carbonyl (C=O) groups excluding carboxylic acids is 1. The summed E-state index contributed by atoms with van der Waals surface area (Å²) < 4.78 is 6.69. The Morgan fingerprint density at radius 3 is 2.76 bits per heavy atom. The van der Waals surface area contributed by atoms with Gasteiger partial charge in [-0.15, -0.1) is 0 Å². The fourth-order valence-corrected chi connectivity index (χ4v) is 2.08. The van der Waals surface area contributed by atoms with Crippen LogP contribution >= 0.6 is 0 Å². The van der Waals surface area contributed by atoms with Gasteiger partial charge in [-0.25, -0.2) is 4.98 Å². The SMILES string of the molecule is COc1ncnc2c(C=O)cn(OCc3ccccc3)c12. The number of aldehydes is 1. The van der Waals surface area contributed by atoms with Crippen LogP contribution in [0, 0.1) is 0 Å². The van der Waals surface area contributed by atoms with Crippen LogP contribution in [-0.4, -0.2) is 28.1 Å². The number of fused-ring (bicyclic) bond motifs is 1. The Morgan fingerprint density at radius 1 is 1.24 bits per heavy atom. The molecule has 6 heteroatoms. The minimum atomic E-state index is 0.362. The van der Waals surface area contributed by atoms with Crippen LogP contribution in [0.1, 0.15) is 15.9 Å².